The summed E-state index contributed by atoms with van der Waals surface area (Å²) in [7, 11) is 0. The second-order valence-corrected chi connectivity index (χ2v) is 6.36. The molecule has 0 aliphatic carbocycles. The van der Waals surface area contributed by atoms with Gasteiger partial charge in [0.15, 0.2) is 0 Å². The minimum Gasteiger partial charge on any atom is -0.339 e. The molecule has 1 amide bonds. The van der Waals surface area contributed by atoms with Gasteiger partial charge in [0.25, 0.3) is 0 Å². The fourth-order valence-electron chi connectivity index (χ4n) is 3.15. The molecule has 0 aromatic heterocycles. The molecule has 3 rings (SSSR count). The molecule has 0 bridgehead atoms. The standard InChI is InChI=1S/C16H21ClFN3O/c17-13-3-1-4-14(18)12(13)11-20-7-9-21(10-8-20)16(22)15-5-2-6-19-15/h1,3-4,15,19H,2,5-11H2. The molecule has 1 unspecified atom stereocenters. The summed E-state index contributed by atoms with van der Waals surface area (Å²) in [5.41, 5.74) is 0.543. The summed E-state index contributed by atoms with van der Waals surface area (Å²) < 4.78 is 13.8. The van der Waals surface area contributed by atoms with Gasteiger partial charge in [-0.3, -0.25) is 9.69 Å². The van der Waals surface area contributed by atoms with E-state index in [4.69, 9.17) is 11.6 Å². The Bertz CT molecular complexity index is 520. The van der Waals surface area contributed by atoms with Crippen LogP contribution < -0.4 is 5.32 Å². The van der Waals surface area contributed by atoms with E-state index in [1.54, 1.807) is 12.1 Å². The van der Waals surface area contributed by atoms with Crippen molar-refractivity contribution in [1.29, 1.82) is 0 Å². The predicted octanol–water partition coefficient (Wildman–Crippen LogP) is 1.88. The second kappa shape index (κ2) is 6.94. The molecule has 2 saturated heterocycles. The molecule has 2 heterocycles. The first kappa shape index (κ1) is 15.7. The number of piperazine rings is 1. The molecule has 0 radical (unpaired) electrons. The van der Waals surface area contributed by atoms with Gasteiger partial charge in [0, 0.05) is 43.3 Å². The number of nitrogens with zero attached hydrogens (tertiary/aromatic N) is 2. The maximum absolute atomic E-state index is 13.8. The Kier molecular flexibility index (Phi) is 4.96. The Balaban J connectivity index is 1.54. The zero-order chi connectivity index (χ0) is 15.5. The lowest BCUT2D eigenvalue weighted by Crippen LogP contribution is -2.52. The highest BCUT2D eigenvalue weighted by Gasteiger charge is 2.29. The van der Waals surface area contributed by atoms with Gasteiger partial charge >= 0.3 is 0 Å². The summed E-state index contributed by atoms with van der Waals surface area (Å²) in [4.78, 5) is 16.4. The zero-order valence-corrected chi connectivity index (χ0v) is 13.3. The van der Waals surface area contributed by atoms with Gasteiger partial charge in [0.2, 0.25) is 5.91 Å². The molecule has 22 heavy (non-hydrogen) atoms. The quantitative estimate of drug-likeness (QED) is 0.921. The Morgan fingerprint density at radius 2 is 2.09 bits per heavy atom. The number of amides is 1. The van der Waals surface area contributed by atoms with Gasteiger partial charge < -0.3 is 10.2 Å². The first-order valence-corrected chi connectivity index (χ1v) is 8.20. The summed E-state index contributed by atoms with van der Waals surface area (Å²) in [5.74, 6) is -0.0535. The third-order valence-electron chi connectivity index (χ3n) is 4.49. The second-order valence-electron chi connectivity index (χ2n) is 5.95. The molecular formula is C16H21ClFN3O. The molecule has 2 aliphatic rings. The molecule has 1 N–H and O–H groups in total. The van der Waals surface area contributed by atoms with Crippen LogP contribution in [0.15, 0.2) is 18.2 Å². The van der Waals surface area contributed by atoms with Gasteiger partial charge in [-0.2, -0.15) is 0 Å². The molecule has 2 fully saturated rings. The number of rotatable bonds is 3. The summed E-state index contributed by atoms with van der Waals surface area (Å²) >= 11 is 6.07. The maximum atomic E-state index is 13.8. The fourth-order valence-corrected chi connectivity index (χ4v) is 3.37. The molecule has 0 spiro atoms. The van der Waals surface area contributed by atoms with Crippen LogP contribution in [0, 0.1) is 5.82 Å². The van der Waals surface area contributed by atoms with Crippen LogP contribution in [-0.4, -0.2) is 54.5 Å². The number of carbonyl (C=O) groups is 1. The van der Waals surface area contributed by atoms with Crippen LogP contribution in [-0.2, 0) is 11.3 Å². The summed E-state index contributed by atoms with van der Waals surface area (Å²) in [6.07, 6.45) is 2.01. The number of nitrogens with one attached hydrogen (secondary N) is 1. The third-order valence-corrected chi connectivity index (χ3v) is 4.84. The molecule has 1 aromatic rings. The first-order chi connectivity index (χ1) is 10.6. The van der Waals surface area contributed by atoms with E-state index in [2.05, 4.69) is 10.2 Å². The number of halogens is 2. The van der Waals surface area contributed by atoms with E-state index >= 15 is 0 Å². The topological polar surface area (TPSA) is 35.6 Å². The van der Waals surface area contributed by atoms with Crippen LogP contribution in [0.2, 0.25) is 5.02 Å². The summed E-state index contributed by atoms with van der Waals surface area (Å²) in [5, 5.41) is 3.71. The lowest BCUT2D eigenvalue weighted by Gasteiger charge is -2.36. The van der Waals surface area contributed by atoms with E-state index in [1.165, 1.54) is 6.07 Å². The summed E-state index contributed by atoms with van der Waals surface area (Å²) in [6, 6.07) is 4.76. The van der Waals surface area contributed by atoms with Crippen molar-refractivity contribution in [3.8, 4) is 0 Å². The van der Waals surface area contributed by atoms with Crippen LogP contribution in [0.5, 0.6) is 0 Å². The van der Waals surface area contributed by atoms with Crippen LogP contribution in [0.1, 0.15) is 18.4 Å². The van der Waals surface area contributed by atoms with E-state index in [0.29, 0.717) is 30.2 Å². The molecule has 4 nitrogen and oxygen atoms in total. The molecule has 1 aromatic carbocycles. The van der Waals surface area contributed by atoms with E-state index in [0.717, 1.165) is 32.5 Å². The van der Waals surface area contributed by atoms with Crippen molar-refractivity contribution in [1.82, 2.24) is 15.1 Å². The first-order valence-electron chi connectivity index (χ1n) is 7.82. The number of benzene rings is 1. The fraction of sp³-hybridized carbons (Fsp3) is 0.562. The number of hydrogen-bond donors (Lipinski definition) is 1. The number of carbonyl (C=O) groups excluding carboxylic acids is 1. The normalized spacial score (nSPS) is 23.0. The van der Waals surface area contributed by atoms with Crippen LogP contribution in [0.4, 0.5) is 4.39 Å². The van der Waals surface area contributed by atoms with Crippen LogP contribution >= 0.6 is 11.6 Å². The highest BCUT2D eigenvalue weighted by molar-refractivity contribution is 6.31. The Labute approximate surface area is 135 Å². The molecule has 6 heteroatoms. The molecule has 2 aliphatic heterocycles. The van der Waals surface area contributed by atoms with Gasteiger partial charge in [-0.25, -0.2) is 4.39 Å². The monoisotopic (exact) mass is 325 g/mol. The Morgan fingerprint density at radius 1 is 1.32 bits per heavy atom. The van der Waals surface area contributed by atoms with E-state index < -0.39 is 0 Å². The molecule has 120 valence electrons. The highest BCUT2D eigenvalue weighted by Crippen LogP contribution is 2.21. The minimum absolute atomic E-state index is 0.00689. The lowest BCUT2D eigenvalue weighted by atomic mass is 10.1. The third kappa shape index (κ3) is 3.42. The molecule has 1 atom stereocenters. The average Bonchev–Trinajstić information content (AvgIpc) is 3.05. The lowest BCUT2D eigenvalue weighted by molar-refractivity contribution is -0.134. The number of hydrogen-bond acceptors (Lipinski definition) is 3. The van der Waals surface area contributed by atoms with Crippen molar-refractivity contribution in [2.24, 2.45) is 0 Å². The van der Waals surface area contributed by atoms with Crippen molar-refractivity contribution in [2.45, 2.75) is 25.4 Å². The largest absolute Gasteiger partial charge is 0.339 e. The van der Waals surface area contributed by atoms with Gasteiger partial charge in [-0.1, -0.05) is 17.7 Å². The van der Waals surface area contributed by atoms with E-state index in [1.807, 2.05) is 4.90 Å². The highest BCUT2D eigenvalue weighted by atomic mass is 35.5. The SMILES string of the molecule is O=C(C1CCCN1)N1CCN(Cc2c(F)cccc2Cl)CC1. The molecular weight excluding hydrogens is 305 g/mol. The van der Waals surface area contributed by atoms with Gasteiger partial charge in [-0.05, 0) is 31.5 Å². The predicted molar refractivity (Wildman–Crippen MR) is 84.3 cm³/mol. The zero-order valence-electron chi connectivity index (χ0n) is 12.5. The van der Waals surface area contributed by atoms with Crippen LogP contribution in [0.25, 0.3) is 0 Å². The molecule has 0 saturated carbocycles. The van der Waals surface area contributed by atoms with Crippen molar-refractivity contribution < 1.29 is 9.18 Å². The van der Waals surface area contributed by atoms with Crippen molar-refractivity contribution in [3.05, 3.63) is 34.6 Å². The van der Waals surface area contributed by atoms with Gasteiger partial charge in [-0.15, -0.1) is 0 Å². The van der Waals surface area contributed by atoms with Crippen molar-refractivity contribution >= 4 is 17.5 Å². The van der Waals surface area contributed by atoms with Crippen molar-refractivity contribution in [2.75, 3.05) is 32.7 Å². The van der Waals surface area contributed by atoms with Crippen molar-refractivity contribution in [3.63, 3.8) is 0 Å². The van der Waals surface area contributed by atoms with E-state index in [-0.39, 0.29) is 17.8 Å². The van der Waals surface area contributed by atoms with E-state index in [9.17, 15) is 9.18 Å². The smallest absolute Gasteiger partial charge is 0.239 e. The van der Waals surface area contributed by atoms with Gasteiger partial charge in [0.05, 0.1) is 6.04 Å². The summed E-state index contributed by atoms with van der Waals surface area (Å²) in [6.45, 7) is 4.33. The Hall–Kier alpha value is -1.17. The van der Waals surface area contributed by atoms with Gasteiger partial charge in [0.1, 0.15) is 5.82 Å². The van der Waals surface area contributed by atoms with Crippen LogP contribution in [0.3, 0.4) is 0 Å². The Morgan fingerprint density at radius 3 is 2.73 bits per heavy atom. The maximum Gasteiger partial charge on any atom is 0.239 e. The average molecular weight is 326 g/mol. The minimum atomic E-state index is -0.263.